The monoisotopic (exact) mass is 636 g/mol. The molecule has 0 bridgehead atoms. The summed E-state index contributed by atoms with van der Waals surface area (Å²) in [7, 11) is 0. The van der Waals surface area contributed by atoms with E-state index in [1.165, 1.54) is 18.7 Å². The quantitative estimate of drug-likeness (QED) is 0.336. The second kappa shape index (κ2) is 12.7. The van der Waals surface area contributed by atoms with Gasteiger partial charge in [-0.05, 0) is 38.5 Å². The molecule has 3 aliphatic rings. The number of hydrogen-bond acceptors (Lipinski definition) is 7. The molecule has 0 atom stereocenters. The minimum Gasteiger partial charge on any atom is -0.465 e. The number of fused-ring (bicyclic) bond motifs is 2. The minimum absolute atomic E-state index is 0.0139. The predicted molar refractivity (Wildman–Crippen MR) is 169 cm³/mol. The lowest BCUT2D eigenvalue weighted by Gasteiger charge is -2.34. The molecule has 2 fully saturated rings. The van der Waals surface area contributed by atoms with Crippen molar-refractivity contribution in [1.82, 2.24) is 39.8 Å². The van der Waals surface area contributed by atoms with Gasteiger partial charge >= 0.3 is 12.1 Å². The fraction of sp³-hybridized carbons (Fsp3) is 0.500. The molecule has 0 saturated carbocycles. The fourth-order valence-electron chi connectivity index (χ4n) is 5.96. The average Bonchev–Trinajstić information content (AvgIpc) is 3.71. The number of carboxylic acid groups (broad SMARTS) is 1. The van der Waals surface area contributed by atoms with Crippen molar-refractivity contribution in [2.45, 2.75) is 40.0 Å². The Balaban J connectivity index is 0.000000293. The number of aromatic amines is 2. The number of H-pyrrole nitrogens is 2. The van der Waals surface area contributed by atoms with Crippen LogP contribution in [-0.4, -0.2) is 134 Å². The van der Waals surface area contributed by atoms with Crippen LogP contribution in [0.1, 0.15) is 40.2 Å². The van der Waals surface area contributed by atoms with Crippen molar-refractivity contribution in [2.75, 3.05) is 69.1 Å². The second-order valence-corrected chi connectivity index (χ2v) is 12.0. The van der Waals surface area contributed by atoms with Gasteiger partial charge in [0.1, 0.15) is 5.69 Å². The van der Waals surface area contributed by atoms with Crippen LogP contribution in [0, 0.1) is 0 Å². The number of benzene rings is 1. The topological polar surface area (TPSA) is 191 Å². The van der Waals surface area contributed by atoms with Crippen LogP contribution in [0.4, 0.5) is 21.0 Å². The van der Waals surface area contributed by atoms with Gasteiger partial charge in [-0.15, -0.1) is 0 Å². The largest absolute Gasteiger partial charge is 0.465 e. The highest BCUT2D eigenvalue weighted by molar-refractivity contribution is 6.09. The molecule has 3 aromatic rings. The summed E-state index contributed by atoms with van der Waals surface area (Å²) < 4.78 is 0. The Morgan fingerprint density at radius 2 is 1.48 bits per heavy atom. The van der Waals surface area contributed by atoms with Crippen molar-refractivity contribution < 1.29 is 29.1 Å². The van der Waals surface area contributed by atoms with Crippen LogP contribution in [0.5, 0.6) is 0 Å². The van der Waals surface area contributed by atoms with Crippen molar-refractivity contribution in [2.24, 2.45) is 0 Å². The van der Waals surface area contributed by atoms with Gasteiger partial charge < -0.3 is 39.9 Å². The molecular weight excluding hydrogens is 596 g/mol. The number of imidazole rings is 1. The minimum atomic E-state index is -0.904. The van der Waals surface area contributed by atoms with Gasteiger partial charge in [0.2, 0.25) is 17.7 Å². The van der Waals surface area contributed by atoms with Gasteiger partial charge in [0.15, 0.2) is 5.82 Å². The Morgan fingerprint density at radius 3 is 2.02 bits per heavy atom. The molecule has 0 unspecified atom stereocenters. The Kier molecular flexibility index (Phi) is 8.90. The van der Waals surface area contributed by atoms with Gasteiger partial charge in [-0.1, -0.05) is 0 Å². The van der Waals surface area contributed by atoms with Crippen LogP contribution in [0.25, 0.3) is 22.6 Å². The molecule has 3 aliphatic heterocycles. The van der Waals surface area contributed by atoms with Gasteiger partial charge in [0, 0.05) is 72.8 Å². The Morgan fingerprint density at radius 1 is 0.913 bits per heavy atom. The van der Waals surface area contributed by atoms with Gasteiger partial charge in [0.05, 0.1) is 34.0 Å². The Hall–Kier alpha value is -5.15. The van der Waals surface area contributed by atoms with E-state index in [-0.39, 0.29) is 23.8 Å². The summed E-state index contributed by atoms with van der Waals surface area (Å²) in [5.41, 5.74) is 3.84. The van der Waals surface area contributed by atoms with E-state index >= 15 is 0 Å². The summed E-state index contributed by atoms with van der Waals surface area (Å²) >= 11 is 0. The average molecular weight is 637 g/mol. The number of carbonyl (C=O) groups is 5. The number of nitrogens with one attached hydrogen (secondary N) is 3. The summed E-state index contributed by atoms with van der Waals surface area (Å²) in [5.74, 6) is 0.656. The van der Waals surface area contributed by atoms with Crippen LogP contribution >= 0.6 is 0 Å². The van der Waals surface area contributed by atoms with Crippen LogP contribution in [-0.2, 0) is 19.8 Å². The number of rotatable bonds is 3. The third-order valence-electron chi connectivity index (χ3n) is 8.78. The number of urea groups is 1. The van der Waals surface area contributed by atoms with Crippen molar-refractivity contribution >= 4 is 52.3 Å². The maximum Gasteiger partial charge on any atom is 0.407 e. The highest BCUT2D eigenvalue weighted by atomic mass is 16.4. The maximum atomic E-state index is 12.8. The van der Waals surface area contributed by atoms with Crippen molar-refractivity contribution in [1.29, 1.82) is 0 Å². The number of likely N-dealkylation sites (N-methyl/N-ethyl adjacent to an activating group) is 1. The van der Waals surface area contributed by atoms with Crippen molar-refractivity contribution in [3.8, 4) is 11.5 Å². The fourth-order valence-corrected chi connectivity index (χ4v) is 5.96. The molecule has 2 aromatic heterocycles. The summed E-state index contributed by atoms with van der Waals surface area (Å²) in [6.07, 6.45) is 0.644. The number of amides is 6. The lowest BCUT2D eigenvalue weighted by atomic mass is 9.86. The standard InChI is InChI=1S/C23H28N8O3.C7H12N2O3/c1-5-31-18-11-16-15(10-14(18)23(3,4)21(31)33)25-20(26-16)19-17(12-24-28-19)27-22(34)30-8-6-29(7-9-30)13(2)32;1-6(10)8-2-4-9(5-3-8)7(11)12/h10-12H,5-9H2,1-4H3,(H,24,28)(H,25,26)(H,27,34);2-5H2,1H3,(H,11,12). The van der Waals surface area contributed by atoms with E-state index in [1.54, 1.807) is 25.8 Å². The molecule has 0 spiro atoms. The van der Waals surface area contributed by atoms with E-state index in [4.69, 9.17) is 10.1 Å². The molecule has 0 aliphatic carbocycles. The smallest absolute Gasteiger partial charge is 0.407 e. The molecule has 1 aromatic carbocycles. The number of carbonyl (C=O) groups excluding carboxylic acids is 4. The number of nitrogens with zero attached hydrogens (tertiary/aromatic N) is 7. The van der Waals surface area contributed by atoms with Crippen LogP contribution in [0.2, 0.25) is 0 Å². The summed E-state index contributed by atoms with van der Waals surface area (Å²) in [5, 5.41) is 18.5. The molecule has 5 heterocycles. The zero-order chi connectivity index (χ0) is 33.3. The number of anilines is 2. The van der Waals surface area contributed by atoms with Crippen molar-refractivity contribution in [3.05, 3.63) is 23.9 Å². The van der Waals surface area contributed by atoms with Crippen molar-refractivity contribution in [3.63, 3.8) is 0 Å². The van der Waals surface area contributed by atoms with E-state index in [9.17, 15) is 24.0 Å². The predicted octanol–water partition coefficient (Wildman–Crippen LogP) is 2.12. The molecule has 6 rings (SSSR count). The highest BCUT2D eigenvalue weighted by Gasteiger charge is 2.43. The lowest BCUT2D eigenvalue weighted by Crippen LogP contribution is -2.51. The molecule has 4 N–H and O–H groups in total. The molecular formula is C30H40N10O6. The first-order valence-corrected chi connectivity index (χ1v) is 15.3. The summed E-state index contributed by atoms with van der Waals surface area (Å²) in [6.45, 7) is 13.3. The molecule has 46 heavy (non-hydrogen) atoms. The Labute approximate surface area is 265 Å². The van der Waals surface area contributed by atoms with Gasteiger partial charge in [-0.25, -0.2) is 14.6 Å². The van der Waals surface area contributed by atoms with E-state index in [1.807, 2.05) is 32.9 Å². The Bertz CT molecular complexity index is 1640. The molecule has 16 heteroatoms. The third kappa shape index (κ3) is 6.19. The number of hydrogen-bond donors (Lipinski definition) is 4. The van der Waals surface area contributed by atoms with Gasteiger partial charge in [-0.2, -0.15) is 5.10 Å². The second-order valence-electron chi connectivity index (χ2n) is 12.0. The lowest BCUT2D eigenvalue weighted by molar-refractivity contribution is -0.131. The molecule has 16 nitrogen and oxygen atoms in total. The first-order valence-electron chi connectivity index (χ1n) is 15.3. The zero-order valence-corrected chi connectivity index (χ0v) is 26.7. The normalized spacial score (nSPS) is 17.5. The van der Waals surface area contributed by atoms with Crippen LogP contribution in [0.15, 0.2) is 18.3 Å². The van der Waals surface area contributed by atoms with E-state index in [0.29, 0.717) is 76.1 Å². The summed E-state index contributed by atoms with van der Waals surface area (Å²) in [4.78, 5) is 74.6. The molecule has 0 radical (unpaired) electrons. The van der Waals surface area contributed by atoms with Gasteiger partial charge in [-0.3, -0.25) is 19.5 Å². The van der Waals surface area contributed by atoms with Crippen LogP contribution < -0.4 is 10.2 Å². The first-order chi connectivity index (χ1) is 21.8. The molecule has 246 valence electrons. The van der Waals surface area contributed by atoms with Crippen LogP contribution in [0.3, 0.4) is 0 Å². The number of aromatic nitrogens is 4. The SMILES string of the molecule is CC(=O)N1CCN(C(=O)O)CC1.CCN1C(=O)C(C)(C)c2cc3[nH]c(-c4[nH]ncc4NC(=O)N4CCN(C(C)=O)CC4)nc3cc21. The van der Waals surface area contributed by atoms with E-state index in [2.05, 4.69) is 20.5 Å². The van der Waals surface area contributed by atoms with Gasteiger partial charge in [0.25, 0.3) is 0 Å². The van der Waals surface area contributed by atoms with E-state index in [0.717, 1.165) is 22.3 Å². The molecule has 6 amide bonds. The van der Waals surface area contributed by atoms with E-state index < -0.39 is 11.5 Å². The number of piperazine rings is 2. The summed E-state index contributed by atoms with van der Waals surface area (Å²) in [6, 6.07) is 3.67. The first kappa shape index (κ1) is 32.2. The maximum absolute atomic E-state index is 12.8. The third-order valence-corrected chi connectivity index (χ3v) is 8.78. The zero-order valence-electron chi connectivity index (χ0n) is 26.7. The highest BCUT2D eigenvalue weighted by Crippen LogP contribution is 2.43. The molecule has 2 saturated heterocycles.